The smallest absolute Gasteiger partial charge is 0.313 e. The maximum absolute atomic E-state index is 13.0. The molecule has 8 heteroatoms. The zero-order valence-corrected chi connectivity index (χ0v) is 14.3. The normalized spacial score (nSPS) is 14.2. The van der Waals surface area contributed by atoms with Crippen molar-refractivity contribution in [2.75, 3.05) is 6.54 Å². The first-order chi connectivity index (χ1) is 11.2. The minimum atomic E-state index is -4.94. The molecule has 0 heterocycles. The third-order valence-electron chi connectivity index (χ3n) is 3.66. The predicted molar refractivity (Wildman–Crippen MR) is 82.2 cm³/mol. The fraction of sp³-hybridized carbons (Fsp3) is 0.588. The van der Waals surface area contributed by atoms with Gasteiger partial charge in [0.1, 0.15) is 5.78 Å². The molecule has 0 amide bonds. The lowest BCUT2D eigenvalue weighted by atomic mass is 9.86. The fourth-order valence-electron chi connectivity index (χ4n) is 2.32. The van der Waals surface area contributed by atoms with E-state index in [-0.39, 0.29) is 24.2 Å². The first-order valence-electron chi connectivity index (χ1n) is 7.80. The van der Waals surface area contributed by atoms with Crippen LogP contribution in [0.25, 0.3) is 0 Å². The van der Waals surface area contributed by atoms with E-state index in [0.29, 0.717) is 12.1 Å². The van der Waals surface area contributed by atoms with Crippen LogP contribution in [0.2, 0.25) is 0 Å². The summed E-state index contributed by atoms with van der Waals surface area (Å²) in [5.74, 6) is -2.03. The Morgan fingerprint density at radius 2 is 1.36 bits per heavy atom. The molecule has 0 fully saturated rings. The van der Waals surface area contributed by atoms with E-state index in [1.807, 2.05) is 0 Å². The minimum absolute atomic E-state index is 0.0344. The molecule has 0 bridgehead atoms. The Labute approximate surface area is 142 Å². The van der Waals surface area contributed by atoms with Crippen molar-refractivity contribution in [2.45, 2.75) is 52.0 Å². The quantitative estimate of drug-likeness (QED) is 0.713. The molecule has 1 aromatic rings. The molecule has 0 saturated heterocycles. The number of Topliss-reactive ketones (excluding diaryl/α,β-unsaturated/α-hetero) is 1. The van der Waals surface area contributed by atoms with Crippen molar-refractivity contribution in [1.82, 2.24) is 5.32 Å². The van der Waals surface area contributed by atoms with Gasteiger partial charge in [0.15, 0.2) is 0 Å². The van der Waals surface area contributed by atoms with Crippen LogP contribution in [0.3, 0.4) is 0 Å². The number of hydrogen-bond acceptors (Lipinski definition) is 2. The molecule has 0 saturated carbocycles. The Kier molecular flexibility index (Phi) is 6.67. The molecule has 2 nitrogen and oxygen atoms in total. The van der Waals surface area contributed by atoms with Gasteiger partial charge in [-0.15, -0.1) is 0 Å². The minimum Gasteiger partial charge on any atom is -0.313 e. The average molecular weight is 369 g/mol. The highest BCUT2D eigenvalue weighted by atomic mass is 19.4. The van der Waals surface area contributed by atoms with E-state index in [0.717, 1.165) is 0 Å². The summed E-state index contributed by atoms with van der Waals surface area (Å²) < 4.78 is 78.0. The van der Waals surface area contributed by atoms with Crippen LogP contribution in [0.15, 0.2) is 18.2 Å². The number of ketones is 1. The van der Waals surface area contributed by atoms with Crippen molar-refractivity contribution in [3.8, 4) is 0 Å². The van der Waals surface area contributed by atoms with Gasteiger partial charge in [-0.05, 0) is 23.8 Å². The molecule has 1 aromatic carbocycles. The number of alkyl halides is 6. The molecule has 0 aliphatic heterocycles. The van der Waals surface area contributed by atoms with E-state index >= 15 is 0 Å². The highest BCUT2D eigenvalue weighted by Gasteiger charge is 2.38. The van der Waals surface area contributed by atoms with E-state index < -0.39 is 41.1 Å². The van der Waals surface area contributed by atoms with Gasteiger partial charge in [-0.25, -0.2) is 0 Å². The first-order valence-corrected chi connectivity index (χ1v) is 7.80. The lowest BCUT2D eigenvalue weighted by molar-refractivity contribution is -0.143. The van der Waals surface area contributed by atoms with Crippen molar-refractivity contribution in [1.29, 1.82) is 0 Å². The van der Waals surface area contributed by atoms with Crippen molar-refractivity contribution in [3.63, 3.8) is 0 Å². The summed E-state index contributed by atoms with van der Waals surface area (Å²) in [6, 6.07) is 1.25. The van der Waals surface area contributed by atoms with Crippen LogP contribution in [-0.2, 0) is 17.1 Å². The summed E-state index contributed by atoms with van der Waals surface area (Å²) >= 11 is 0. The third-order valence-corrected chi connectivity index (χ3v) is 3.66. The predicted octanol–water partition coefficient (Wildman–Crippen LogP) is 5.03. The zero-order valence-electron chi connectivity index (χ0n) is 14.3. The number of carbonyl (C=O) groups excluding carboxylic acids is 1. The number of benzene rings is 1. The van der Waals surface area contributed by atoms with Gasteiger partial charge < -0.3 is 5.32 Å². The summed E-state index contributed by atoms with van der Waals surface area (Å²) in [7, 11) is 0. The molecule has 0 unspecified atom stereocenters. The third kappa shape index (κ3) is 6.02. The van der Waals surface area contributed by atoms with E-state index in [2.05, 4.69) is 5.32 Å². The molecule has 1 rings (SSSR count). The monoisotopic (exact) mass is 369 g/mol. The fourth-order valence-corrected chi connectivity index (χ4v) is 2.32. The van der Waals surface area contributed by atoms with Crippen molar-refractivity contribution < 1.29 is 31.1 Å². The van der Waals surface area contributed by atoms with Crippen LogP contribution in [0.4, 0.5) is 26.3 Å². The lowest BCUT2D eigenvalue weighted by Crippen LogP contribution is -2.33. The number of carbonyl (C=O) groups is 1. The standard InChI is InChI=1S/C17H21F6NO/c1-9(2)15(25)14(8-24-10(3)4)11-5-12(16(18,19)20)7-13(6-11)17(21,22)23/h5-7,9-10,14,24H,8H2,1-4H3/t14-/m1/s1. The van der Waals surface area contributed by atoms with Crippen LogP contribution in [0.5, 0.6) is 0 Å². The Morgan fingerprint density at radius 1 is 0.920 bits per heavy atom. The Balaban J connectivity index is 3.48. The summed E-state index contributed by atoms with van der Waals surface area (Å²) in [5.41, 5.74) is -3.11. The van der Waals surface area contributed by atoms with Crippen LogP contribution in [0, 0.1) is 5.92 Å². The number of rotatable bonds is 6. The molecule has 1 atom stereocenters. The van der Waals surface area contributed by atoms with Crippen molar-refractivity contribution >= 4 is 5.78 Å². The Morgan fingerprint density at radius 3 is 1.68 bits per heavy atom. The summed E-state index contributed by atoms with van der Waals surface area (Å²) in [6.07, 6.45) is -9.88. The summed E-state index contributed by atoms with van der Waals surface area (Å²) in [4.78, 5) is 12.4. The molecule has 142 valence electrons. The Hall–Kier alpha value is -1.57. The second-order valence-electron chi connectivity index (χ2n) is 6.51. The van der Waals surface area contributed by atoms with Crippen LogP contribution in [-0.4, -0.2) is 18.4 Å². The number of hydrogen-bond donors (Lipinski definition) is 1. The highest BCUT2D eigenvalue weighted by molar-refractivity contribution is 5.87. The van der Waals surface area contributed by atoms with Gasteiger partial charge in [0.25, 0.3) is 0 Å². The zero-order chi connectivity index (χ0) is 19.6. The largest absolute Gasteiger partial charge is 0.416 e. The molecule has 0 radical (unpaired) electrons. The topological polar surface area (TPSA) is 29.1 Å². The van der Waals surface area contributed by atoms with E-state index in [1.54, 1.807) is 27.7 Å². The molecule has 1 N–H and O–H groups in total. The lowest BCUT2D eigenvalue weighted by Gasteiger charge is -2.23. The van der Waals surface area contributed by atoms with Crippen LogP contribution in [0.1, 0.15) is 50.3 Å². The van der Waals surface area contributed by atoms with Gasteiger partial charge in [-0.2, -0.15) is 26.3 Å². The van der Waals surface area contributed by atoms with Gasteiger partial charge in [-0.1, -0.05) is 27.7 Å². The molecular formula is C17H21F6NO. The van der Waals surface area contributed by atoms with Crippen molar-refractivity contribution in [2.24, 2.45) is 5.92 Å². The number of halogens is 6. The molecule has 0 aliphatic rings. The summed E-state index contributed by atoms with van der Waals surface area (Å²) in [5, 5.41) is 2.91. The van der Waals surface area contributed by atoms with Crippen LogP contribution < -0.4 is 5.32 Å². The summed E-state index contributed by atoms with van der Waals surface area (Å²) in [6.45, 7) is 6.62. The molecule has 0 aliphatic carbocycles. The van der Waals surface area contributed by atoms with Gasteiger partial charge in [0, 0.05) is 18.5 Å². The first kappa shape index (κ1) is 21.5. The highest BCUT2D eigenvalue weighted by Crippen LogP contribution is 2.38. The van der Waals surface area contributed by atoms with Gasteiger partial charge in [-0.3, -0.25) is 4.79 Å². The maximum atomic E-state index is 13.0. The average Bonchev–Trinajstić information content (AvgIpc) is 2.44. The van der Waals surface area contributed by atoms with Gasteiger partial charge >= 0.3 is 12.4 Å². The van der Waals surface area contributed by atoms with E-state index in [9.17, 15) is 31.1 Å². The molecule has 25 heavy (non-hydrogen) atoms. The van der Waals surface area contributed by atoms with E-state index in [4.69, 9.17) is 0 Å². The Bertz CT molecular complexity index is 572. The van der Waals surface area contributed by atoms with E-state index in [1.165, 1.54) is 0 Å². The maximum Gasteiger partial charge on any atom is 0.416 e. The van der Waals surface area contributed by atoms with Crippen LogP contribution >= 0.6 is 0 Å². The van der Waals surface area contributed by atoms with Gasteiger partial charge in [0.05, 0.1) is 17.0 Å². The second-order valence-corrected chi connectivity index (χ2v) is 6.51. The second kappa shape index (κ2) is 7.76. The molecular weight excluding hydrogens is 348 g/mol. The SMILES string of the molecule is CC(C)NC[C@@H](C(=O)C(C)C)c1cc(C(F)(F)F)cc(C(F)(F)F)c1. The number of nitrogens with one attached hydrogen (secondary N) is 1. The molecule has 0 aromatic heterocycles. The van der Waals surface area contributed by atoms with Crippen molar-refractivity contribution in [3.05, 3.63) is 34.9 Å². The van der Waals surface area contributed by atoms with Gasteiger partial charge in [0.2, 0.25) is 0 Å². The molecule has 0 spiro atoms.